The number of nitrogens with zero attached hydrogens (tertiary/aromatic N) is 4. The third-order valence-electron chi connectivity index (χ3n) is 4.81. The van der Waals surface area contributed by atoms with Gasteiger partial charge in [-0.15, -0.1) is 0 Å². The van der Waals surface area contributed by atoms with Gasteiger partial charge in [-0.25, -0.2) is 18.5 Å². The maximum atomic E-state index is 11.7. The maximum absolute atomic E-state index is 11.7. The minimum atomic E-state index is -3.81. The number of aromatic nitrogens is 4. The average Bonchev–Trinajstić information content (AvgIpc) is 2.96. The Morgan fingerprint density at radius 2 is 1.73 bits per heavy atom. The molecule has 0 fully saturated rings. The Kier molecular flexibility index (Phi) is 4.88. The smallest absolute Gasteiger partial charge is 0.238 e. The number of rotatable bonds is 5. The molecule has 154 valence electrons. The number of nitrogens with one attached hydrogen (secondary N) is 2. The second kappa shape index (κ2) is 7.39. The summed E-state index contributed by atoms with van der Waals surface area (Å²) < 4.78 is 25.3. The van der Waals surface area contributed by atoms with Gasteiger partial charge in [0.2, 0.25) is 16.0 Å². The zero-order chi connectivity index (χ0) is 21.5. The van der Waals surface area contributed by atoms with Crippen LogP contribution < -0.4 is 15.8 Å². The van der Waals surface area contributed by atoms with E-state index in [2.05, 4.69) is 25.7 Å². The predicted molar refractivity (Wildman–Crippen MR) is 117 cm³/mol. The lowest BCUT2D eigenvalue weighted by Crippen LogP contribution is -2.14. The maximum Gasteiger partial charge on any atom is 0.238 e. The monoisotopic (exact) mass is 423 g/mol. The summed E-state index contributed by atoms with van der Waals surface area (Å²) in [5.74, 6) is 0.900. The zero-order valence-corrected chi connectivity index (χ0v) is 17.5. The van der Waals surface area contributed by atoms with Crippen molar-refractivity contribution in [1.29, 1.82) is 0 Å². The van der Waals surface area contributed by atoms with E-state index in [-0.39, 0.29) is 4.90 Å². The summed E-state index contributed by atoms with van der Waals surface area (Å²) in [5, 5.41) is 17.1. The van der Waals surface area contributed by atoms with E-state index in [4.69, 9.17) is 5.14 Å². The fourth-order valence-electron chi connectivity index (χ4n) is 3.16. The fraction of sp³-hybridized carbons (Fsp3) is 0.150. The number of sulfonamides is 1. The largest absolute Gasteiger partial charge is 0.340 e. The Labute approximate surface area is 174 Å². The molecule has 30 heavy (non-hydrogen) atoms. The highest BCUT2D eigenvalue weighted by atomic mass is 32.2. The van der Waals surface area contributed by atoms with E-state index in [1.807, 2.05) is 36.9 Å². The molecule has 0 unspecified atom stereocenters. The predicted octanol–water partition coefficient (Wildman–Crippen LogP) is 3.11. The highest BCUT2D eigenvalue weighted by Crippen LogP contribution is 2.24. The molecule has 4 rings (SSSR count). The first kappa shape index (κ1) is 19.8. The molecule has 0 spiro atoms. The summed E-state index contributed by atoms with van der Waals surface area (Å²) in [6, 6.07) is 12.5. The quantitative estimate of drug-likeness (QED) is 0.450. The third-order valence-corrected chi connectivity index (χ3v) is 5.86. The van der Waals surface area contributed by atoms with Crippen LogP contribution in [0.25, 0.3) is 10.9 Å². The Morgan fingerprint density at radius 3 is 2.50 bits per heavy atom. The molecule has 0 aliphatic rings. The molecule has 0 amide bonds. The van der Waals surface area contributed by atoms with Crippen LogP contribution in [0.15, 0.2) is 53.6 Å². The molecule has 10 heteroatoms. The minimum absolute atomic E-state index is 0.0684. The van der Waals surface area contributed by atoms with Crippen molar-refractivity contribution in [1.82, 2.24) is 19.7 Å². The molecule has 0 saturated carbocycles. The molecule has 0 atom stereocenters. The van der Waals surface area contributed by atoms with Crippen molar-refractivity contribution < 1.29 is 8.42 Å². The van der Waals surface area contributed by atoms with E-state index in [9.17, 15) is 8.42 Å². The molecule has 0 bridgehead atoms. The van der Waals surface area contributed by atoms with Crippen LogP contribution in [0.2, 0.25) is 0 Å². The summed E-state index contributed by atoms with van der Waals surface area (Å²) in [4.78, 5) is 8.76. The summed E-state index contributed by atoms with van der Waals surface area (Å²) >= 11 is 0. The summed E-state index contributed by atoms with van der Waals surface area (Å²) in [7, 11) is -1.90. The number of benzene rings is 2. The summed E-state index contributed by atoms with van der Waals surface area (Å²) in [5.41, 5.74) is 3.91. The average molecular weight is 424 g/mol. The second-order valence-corrected chi connectivity index (χ2v) is 8.51. The first-order chi connectivity index (χ1) is 14.2. The van der Waals surface area contributed by atoms with Gasteiger partial charge in [0.25, 0.3) is 0 Å². The van der Waals surface area contributed by atoms with Gasteiger partial charge in [-0.2, -0.15) is 10.1 Å². The number of primary sulfonamides is 1. The molecule has 9 nitrogen and oxygen atoms in total. The Morgan fingerprint density at radius 1 is 1.00 bits per heavy atom. The van der Waals surface area contributed by atoms with Crippen molar-refractivity contribution in [3.63, 3.8) is 0 Å². The molecule has 2 aromatic carbocycles. The summed E-state index contributed by atoms with van der Waals surface area (Å²) in [6.45, 7) is 3.71. The van der Waals surface area contributed by atoms with Crippen LogP contribution in [0.3, 0.4) is 0 Å². The molecule has 0 radical (unpaired) electrons. The van der Waals surface area contributed by atoms with Crippen molar-refractivity contribution in [3.8, 4) is 0 Å². The lowest BCUT2D eigenvalue weighted by atomic mass is 10.2. The van der Waals surface area contributed by atoms with Gasteiger partial charge in [0, 0.05) is 35.7 Å². The molecular formula is C20H21N7O2S. The van der Waals surface area contributed by atoms with E-state index in [0.717, 1.165) is 22.3 Å². The first-order valence-corrected chi connectivity index (χ1v) is 10.7. The third kappa shape index (κ3) is 3.95. The van der Waals surface area contributed by atoms with Gasteiger partial charge in [0.15, 0.2) is 0 Å². The van der Waals surface area contributed by atoms with Crippen LogP contribution in [0.4, 0.5) is 23.1 Å². The molecule has 4 aromatic rings. The number of aryl methyl sites for hydroxylation is 3. The van der Waals surface area contributed by atoms with Gasteiger partial charge >= 0.3 is 0 Å². The van der Waals surface area contributed by atoms with E-state index >= 15 is 0 Å². The molecule has 0 aliphatic heterocycles. The standard InChI is InChI=1S/C20H21N7O2S/c1-12-4-5-15(11-18(12)30(21,28)29)23-19-8-9-22-20(25-19)24-14-6-7-16-13(2)27(3)26-17(16)10-14/h4-11H,1-3H3,(H2,21,28,29)(H2,22,23,24,25). The Balaban J connectivity index is 1.58. The molecule has 4 N–H and O–H groups in total. The highest BCUT2D eigenvalue weighted by Gasteiger charge is 2.13. The normalized spacial score (nSPS) is 11.6. The number of hydrogen-bond donors (Lipinski definition) is 3. The van der Waals surface area contributed by atoms with Crippen LogP contribution in [-0.4, -0.2) is 28.2 Å². The van der Waals surface area contributed by atoms with Crippen LogP contribution in [0.5, 0.6) is 0 Å². The van der Waals surface area contributed by atoms with Crippen molar-refractivity contribution in [3.05, 3.63) is 59.9 Å². The first-order valence-electron chi connectivity index (χ1n) is 9.14. The molecule has 2 heterocycles. The molecule has 0 aliphatic carbocycles. The van der Waals surface area contributed by atoms with Gasteiger partial charge in [0.1, 0.15) is 5.82 Å². The highest BCUT2D eigenvalue weighted by molar-refractivity contribution is 7.89. The van der Waals surface area contributed by atoms with Gasteiger partial charge in [-0.1, -0.05) is 6.07 Å². The van der Waals surface area contributed by atoms with Crippen LogP contribution in [-0.2, 0) is 17.1 Å². The molecular weight excluding hydrogens is 402 g/mol. The van der Waals surface area contributed by atoms with Crippen molar-refractivity contribution in [2.75, 3.05) is 10.6 Å². The number of hydrogen-bond acceptors (Lipinski definition) is 7. The van der Waals surface area contributed by atoms with Crippen LogP contribution in [0, 0.1) is 13.8 Å². The molecule has 2 aromatic heterocycles. The van der Waals surface area contributed by atoms with E-state index < -0.39 is 10.0 Å². The van der Waals surface area contributed by atoms with E-state index in [1.54, 1.807) is 31.3 Å². The number of anilines is 4. The fourth-order valence-corrected chi connectivity index (χ4v) is 3.97. The van der Waals surface area contributed by atoms with Gasteiger partial charge in [0.05, 0.1) is 10.4 Å². The van der Waals surface area contributed by atoms with E-state index in [0.29, 0.717) is 23.0 Å². The van der Waals surface area contributed by atoms with Gasteiger partial charge in [-0.05, 0) is 55.8 Å². The van der Waals surface area contributed by atoms with Crippen molar-refractivity contribution in [2.24, 2.45) is 12.2 Å². The topological polar surface area (TPSA) is 128 Å². The van der Waals surface area contributed by atoms with Crippen molar-refractivity contribution >= 4 is 44.1 Å². The molecule has 0 saturated heterocycles. The van der Waals surface area contributed by atoms with Crippen LogP contribution >= 0.6 is 0 Å². The zero-order valence-electron chi connectivity index (χ0n) is 16.7. The Bertz CT molecular complexity index is 1360. The lowest BCUT2D eigenvalue weighted by molar-refractivity contribution is 0.597. The minimum Gasteiger partial charge on any atom is -0.340 e. The SMILES string of the molecule is Cc1ccc(Nc2ccnc(Nc3ccc4c(C)n(C)nc4c3)n2)cc1S(N)(=O)=O. The van der Waals surface area contributed by atoms with E-state index in [1.165, 1.54) is 6.07 Å². The Hall–Kier alpha value is -3.50. The lowest BCUT2D eigenvalue weighted by Gasteiger charge is -2.10. The van der Waals surface area contributed by atoms with Gasteiger partial charge < -0.3 is 10.6 Å². The second-order valence-electron chi connectivity index (χ2n) is 6.98. The van der Waals surface area contributed by atoms with Crippen LogP contribution in [0.1, 0.15) is 11.3 Å². The number of fused-ring (bicyclic) bond motifs is 1. The summed E-state index contributed by atoms with van der Waals surface area (Å²) in [6.07, 6.45) is 1.61. The van der Waals surface area contributed by atoms with Crippen molar-refractivity contribution in [2.45, 2.75) is 18.7 Å². The van der Waals surface area contributed by atoms with Gasteiger partial charge in [-0.3, -0.25) is 4.68 Å². The number of nitrogens with two attached hydrogens (primary N) is 1.